The SMILES string of the molecule is CC/C(=N\[S@@](=O)C(C)(C)C)c1cc(Br)ccn1. The van der Waals surface area contributed by atoms with E-state index in [4.69, 9.17) is 0 Å². The van der Waals surface area contributed by atoms with Crippen LogP contribution in [-0.4, -0.2) is 19.7 Å². The summed E-state index contributed by atoms with van der Waals surface area (Å²) in [7, 11) is -1.24. The van der Waals surface area contributed by atoms with Crippen molar-refractivity contribution in [2.75, 3.05) is 0 Å². The highest BCUT2D eigenvalue weighted by molar-refractivity contribution is 9.10. The molecule has 17 heavy (non-hydrogen) atoms. The van der Waals surface area contributed by atoms with E-state index in [9.17, 15) is 4.21 Å². The molecule has 0 saturated carbocycles. The van der Waals surface area contributed by atoms with Gasteiger partial charge in [0.15, 0.2) is 0 Å². The average Bonchev–Trinajstić information content (AvgIpc) is 2.24. The van der Waals surface area contributed by atoms with E-state index in [1.807, 2.05) is 39.8 Å². The molecule has 0 spiro atoms. The van der Waals surface area contributed by atoms with Gasteiger partial charge in [0.1, 0.15) is 11.0 Å². The summed E-state index contributed by atoms with van der Waals surface area (Å²) in [4.78, 5) is 4.25. The molecule has 0 bridgehead atoms. The molecular formula is C12H17BrN2OS. The molecule has 0 amide bonds. The van der Waals surface area contributed by atoms with Crippen LogP contribution < -0.4 is 0 Å². The third kappa shape index (κ3) is 4.32. The van der Waals surface area contributed by atoms with E-state index < -0.39 is 11.0 Å². The zero-order chi connectivity index (χ0) is 13.1. The van der Waals surface area contributed by atoms with Crippen LogP contribution in [0.2, 0.25) is 0 Å². The van der Waals surface area contributed by atoms with Gasteiger partial charge < -0.3 is 0 Å². The molecule has 1 rings (SSSR count). The van der Waals surface area contributed by atoms with Gasteiger partial charge in [0.25, 0.3) is 0 Å². The van der Waals surface area contributed by atoms with Crippen LogP contribution in [0.3, 0.4) is 0 Å². The van der Waals surface area contributed by atoms with Gasteiger partial charge in [0.2, 0.25) is 0 Å². The van der Waals surface area contributed by atoms with Crippen LogP contribution in [0.4, 0.5) is 0 Å². The Kier molecular flexibility index (Phi) is 5.01. The van der Waals surface area contributed by atoms with E-state index in [2.05, 4.69) is 25.3 Å². The molecule has 0 unspecified atom stereocenters. The minimum absolute atomic E-state index is 0.341. The van der Waals surface area contributed by atoms with E-state index in [0.717, 1.165) is 15.9 Å². The summed E-state index contributed by atoms with van der Waals surface area (Å²) in [5, 5.41) is 0. The first-order valence-corrected chi connectivity index (χ1v) is 7.36. The van der Waals surface area contributed by atoms with Crippen LogP contribution in [0.1, 0.15) is 39.8 Å². The molecule has 5 heteroatoms. The molecular weight excluding hydrogens is 300 g/mol. The molecule has 0 aromatic carbocycles. The Morgan fingerprint density at radius 2 is 2.18 bits per heavy atom. The lowest BCUT2D eigenvalue weighted by atomic mass is 10.2. The van der Waals surface area contributed by atoms with Gasteiger partial charge in [-0.25, -0.2) is 4.21 Å². The van der Waals surface area contributed by atoms with Gasteiger partial charge in [-0.2, -0.15) is 4.40 Å². The summed E-state index contributed by atoms with van der Waals surface area (Å²) >= 11 is 3.39. The van der Waals surface area contributed by atoms with E-state index in [-0.39, 0.29) is 4.75 Å². The van der Waals surface area contributed by atoms with Gasteiger partial charge in [-0.05, 0) is 39.3 Å². The number of rotatable bonds is 3. The van der Waals surface area contributed by atoms with Crippen molar-refractivity contribution in [3.8, 4) is 0 Å². The predicted octanol–water partition coefficient (Wildman–Crippen LogP) is 3.51. The number of hydrogen-bond acceptors (Lipinski definition) is 2. The molecule has 0 aliphatic carbocycles. The fourth-order valence-corrected chi connectivity index (χ4v) is 2.12. The molecule has 1 heterocycles. The predicted molar refractivity (Wildman–Crippen MR) is 76.7 cm³/mol. The van der Waals surface area contributed by atoms with Gasteiger partial charge in [-0.15, -0.1) is 0 Å². The first-order chi connectivity index (χ1) is 7.84. The first-order valence-electron chi connectivity index (χ1n) is 5.46. The normalized spacial score (nSPS) is 14.8. The van der Waals surface area contributed by atoms with Gasteiger partial charge in [0, 0.05) is 10.7 Å². The van der Waals surface area contributed by atoms with Gasteiger partial charge >= 0.3 is 0 Å². The molecule has 1 atom stereocenters. The molecule has 0 fully saturated rings. The standard InChI is InChI=1S/C12H17BrN2OS/c1-5-10(15-17(16)12(2,3)4)11-8-9(13)6-7-14-11/h6-8H,5H2,1-4H3/b15-10+/t17-/m0/s1. The van der Waals surface area contributed by atoms with E-state index in [1.54, 1.807) is 6.20 Å². The number of hydrogen-bond donors (Lipinski definition) is 0. The maximum absolute atomic E-state index is 12.0. The lowest BCUT2D eigenvalue weighted by Crippen LogP contribution is -2.21. The van der Waals surface area contributed by atoms with Gasteiger partial charge in [0.05, 0.1) is 16.2 Å². The maximum Gasteiger partial charge on any atom is 0.145 e. The molecule has 0 N–H and O–H groups in total. The van der Waals surface area contributed by atoms with Crippen molar-refractivity contribution in [3.63, 3.8) is 0 Å². The topological polar surface area (TPSA) is 42.3 Å². The molecule has 0 aliphatic heterocycles. The fourth-order valence-electron chi connectivity index (χ4n) is 1.09. The summed E-state index contributed by atoms with van der Waals surface area (Å²) in [5.74, 6) is 0. The van der Waals surface area contributed by atoms with Crippen molar-refractivity contribution in [3.05, 3.63) is 28.5 Å². The second-order valence-electron chi connectivity index (χ2n) is 4.61. The number of aromatic nitrogens is 1. The van der Waals surface area contributed by atoms with Crippen molar-refractivity contribution in [2.24, 2.45) is 4.40 Å². The van der Waals surface area contributed by atoms with Crippen LogP contribution >= 0.6 is 15.9 Å². The van der Waals surface area contributed by atoms with E-state index in [0.29, 0.717) is 6.42 Å². The number of halogens is 1. The van der Waals surface area contributed by atoms with Crippen molar-refractivity contribution < 1.29 is 4.21 Å². The smallest absolute Gasteiger partial charge is 0.145 e. The van der Waals surface area contributed by atoms with Crippen LogP contribution in [0.25, 0.3) is 0 Å². The summed E-state index contributed by atoms with van der Waals surface area (Å²) in [6.45, 7) is 7.72. The molecule has 94 valence electrons. The highest BCUT2D eigenvalue weighted by Gasteiger charge is 2.20. The molecule has 3 nitrogen and oxygen atoms in total. The Balaban J connectivity index is 3.08. The fraction of sp³-hybridized carbons (Fsp3) is 0.500. The Hall–Kier alpha value is -0.550. The summed E-state index contributed by atoms with van der Waals surface area (Å²) in [5.41, 5.74) is 1.55. The van der Waals surface area contributed by atoms with Crippen LogP contribution in [-0.2, 0) is 11.0 Å². The molecule has 0 aliphatic rings. The molecule has 0 radical (unpaired) electrons. The minimum Gasteiger partial charge on any atom is -0.255 e. The third-order valence-corrected chi connectivity index (χ3v) is 4.00. The lowest BCUT2D eigenvalue weighted by molar-refractivity contribution is 0.650. The molecule has 0 saturated heterocycles. The van der Waals surface area contributed by atoms with Crippen molar-refractivity contribution in [1.82, 2.24) is 4.98 Å². The Morgan fingerprint density at radius 1 is 1.53 bits per heavy atom. The van der Waals surface area contributed by atoms with Gasteiger partial charge in [-0.1, -0.05) is 22.9 Å². The lowest BCUT2D eigenvalue weighted by Gasteiger charge is -2.14. The highest BCUT2D eigenvalue weighted by atomic mass is 79.9. The van der Waals surface area contributed by atoms with E-state index in [1.165, 1.54) is 0 Å². The van der Waals surface area contributed by atoms with Crippen LogP contribution in [0.15, 0.2) is 27.2 Å². The third-order valence-electron chi connectivity index (χ3n) is 2.07. The first kappa shape index (κ1) is 14.5. The quantitative estimate of drug-likeness (QED) is 0.801. The zero-order valence-corrected chi connectivity index (χ0v) is 12.9. The van der Waals surface area contributed by atoms with Crippen molar-refractivity contribution >= 4 is 32.6 Å². The van der Waals surface area contributed by atoms with Crippen LogP contribution in [0, 0.1) is 0 Å². The maximum atomic E-state index is 12.0. The second kappa shape index (κ2) is 5.87. The monoisotopic (exact) mass is 316 g/mol. The average molecular weight is 317 g/mol. The zero-order valence-electron chi connectivity index (χ0n) is 10.5. The highest BCUT2D eigenvalue weighted by Crippen LogP contribution is 2.16. The minimum atomic E-state index is -1.24. The number of nitrogens with zero attached hydrogens (tertiary/aromatic N) is 2. The Bertz CT molecular complexity index is 452. The second-order valence-corrected chi connectivity index (χ2v) is 7.43. The Morgan fingerprint density at radius 3 is 2.65 bits per heavy atom. The summed E-state index contributed by atoms with van der Waals surface area (Å²) in [6, 6.07) is 3.75. The van der Waals surface area contributed by atoms with E-state index >= 15 is 0 Å². The summed E-state index contributed by atoms with van der Waals surface area (Å²) in [6.07, 6.45) is 2.43. The Labute approximate surface area is 113 Å². The largest absolute Gasteiger partial charge is 0.255 e. The van der Waals surface area contributed by atoms with Gasteiger partial charge in [-0.3, -0.25) is 4.98 Å². The summed E-state index contributed by atoms with van der Waals surface area (Å²) < 4.78 is 16.9. The van der Waals surface area contributed by atoms with Crippen molar-refractivity contribution in [2.45, 2.75) is 38.9 Å². The molecule has 1 aromatic rings. The number of pyridine rings is 1. The van der Waals surface area contributed by atoms with Crippen molar-refractivity contribution in [1.29, 1.82) is 0 Å². The molecule has 1 aromatic heterocycles. The van der Waals surface area contributed by atoms with Crippen LogP contribution in [0.5, 0.6) is 0 Å².